The lowest BCUT2D eigenvalue weighted by molar-refractivity contribution is -0.143. The fourth-order valence-corrected chi connectivity index (χ4v) is 1.99. The third-order valence-electron chi connectivity index (χ3n) is 3.04. The van der Waals surface area contributed by atoms with Gasteiger partial charge in [-0.25, -0.2) is 4.79 Å². The fourth-order valence-electron chi connectivity index (χ4n) is 1.99. The van der Waals surface area contributed by atoms with Gasteiger partial charge in [0.25, 0.3) is 0 Å². The number of amides is 1. The molecule has 0 fully saturated rings. The summed E-state index contributed by atoms with van der Waals surface area (Å²) in [4.78, 5) is 34.2. The van der Waals surface area contributed by atoms with Gasteiger partial charge in [0.15, 0.2) is 0 Å². The molecule has 0 unspecified atom stereocenters. The molecule has 7 nitrogen and oxygen atoms in total. The van der Waals surface area contributed by atoms with Crippen molar-refractivity contribution in [1.82, 2.24) is 10.6 Å². The molecule has 1 amide bonds. The molecule has 3 N–H and O–H groups in total. The minimum Gasteiger partial charge on any atom is -0.480 e. The van der Waals surface area contributed by atoms with Crippen LogP contribution < -0.4 is 10.6 Å². The minimum atomic E-state index is -1.02. The average molecular weight is 334 g/mol. The van der Waals surface area contributed by atoms with Gasteiger partial charge in [-0.05, 0) is 19.4 Å². The molecule has 7 heteroatoms. The summed E-state index contributed by atoms with van der Waals surface area (Å²) in [5.41, 5.74) is 1.26. The van der Waals surface area contributed by atoms with Gasteiger partial charge in [0.05, 0.1) is 6.61 Å². The van der Waals surface area contributed by atoms with Gasteiger partial charge in [-0.2, -0.15) is 0 Å². The largest absolute Gasteiger partial charge is 0.480 e. The highest BCUT2D eigenvalue weighted by Gasteiger charge is 2.17. The van der Waals surface area contributed by atoms with E-state index in [9.17, 15) is 19.5 Å². The molecule has 0 aliphatic carbocycles. The zero-order chi connectivity index (χ0) is 17.9. The predicted molar refractivity (Wildman–Crippen MR) is 88.1 cm³/mol. The number of hydrogen-bond acceptors (Lipinski definition) is 5. The van der Waals surface area contributed by atoms with E-state index < -0.39 is 23.9 Å². The standard InChI is InChI=1S/C17H22N2O5/c1-3-24-16(21)11-18-15(20)9-12(2)19-14(17(22)23)10-13-7-5-4-6-8-13/h4-9,14,19H,3,10-11H2,1-2H3,(H,18,20)(H,22,23)/b12-9+/t14-/m0/s1. The number of carboxylic acids is 1. The lowest BCUT2D eigenvalue weighted by atomic mass is 10.1. The zero-order valence-corrected chi connectivity index (χ0v) is 13.7. The molecule has 0 radical (unpaired) electrons. The molecule has 0 bridgehead atoms. The summed E-state index contributed by atoms with van der Waals surface area (Å²) in [5.74, 6) is -2.05. The maximum atomic E-state index is 11.7. The van der Waals surface area contributed by atoms with Crippen LogP contribution in [-0.4, -0.2) is 42.1 Å². The second-order valence-corrected chi connectivity index (χ2v) is 5.08. The Morgan fingerprint density at radius 3 is 2.50 bits per heavy atom. The molecule has 0 heterocycles. The Morgan fingerprint density at radius 1 is 1.25 bits per heavy atom. The Kier molecular flexibility index (Phi) is 8.04. The number of allylic oxidation sites excluding steroid dienone is 1. The summed E-state index contributed by atoms with van der Waals surface area (Å²) in [6, 6.07) is 8.33. The van der Waals surface area contributed by atoms with Crippen molar-refractivity contribution in [3.05, 3.63) is 47.7 Å². The van der Waals surface area contributed by atoms with Crippen LogP contribution >= 0.6 is 0 Å². The molecule has 0 spiro atoms. The van der Waals surface area contributed by atoms with Crippen molar-refractivity contribution in [1.29, 1.82) is 0 Å². The average Bonchev–Trinajstić information content (AvgIpc) is 2.53. The van der Waals surface area contributed by atoms with Crippen LogP contribution in [0.4, 0.5) is 0 Å². The topological polar surface area (TPSA) is 105 Å². The number of ether oxygens (including phenoxy) is 1. The van der Waals surface area contributed by atoms with Gasteiger partial charge >= 0.3 is 11.9 Å². The van der Waals surface area contributed by atoms with Gasteiger partial charge < -0.3 is 20.5 Å². The summed E-state index contributed by atoms with van der Waals surface area (Å²) in [7, 11) is 0. The van der Waals surface area contributed by atoms with E-state index in [1.165, 1.54) is 6.08 Å². The van der Waals surface area contributed by atoms with Crippen molar-refractivity contribution in [3.8, 4) is 0 Å². The summed E-state index contributed by atoms with van der Waals surface area (Å²) < 4.78 is 4.69. The number of carbonyl (C=O) groups is 3. The van der Waals surface area contributed by atoms with Crippen molar-refractivity contribution >= 4 is 17.8 Å². The van der Waals surface area contributed by atoms with Crippen LogP contribution in [0.2, 0.25) is 0 Å². The first-order valence-corrected chi connectivity index (χ1v) is 7.57. The Labute approximate surface area is 140 Å². The Bertz CT molecular complexity index is 598. The van der Waals surface area contributed by atoms with Gasteiger partial charge in [-0.1, -0.05) is 30.3 Å². The molecule has 130 valence electrons. The highest BCUT2D eigenvalue weighted by atomic mass is 16.5. The Balaban J connectivity index is 2.57. The van der Waals surface area contributed by atoms with Gasteiger partial charge in [-0.3, -0.25) is 9.59 Å². The van der Waals surface area contributed by atoms with Crippen LogP contribution in [0.5, 0.6) is 0 Å². The van der Waals surface area contributed by atoms with E-state index in [0.717, 1.165) is 5.56 Å². The van der Waals surface area contributed by atoms with Crippen LogP contribution in [0.15, 0.2) is 42.1 Å². The van der Waals surface area contributed by atoms with E-state index in [-0.39, 0.29) is 19.6 Å². The van der Waals surface area contributed by atoms with Gasteiger partial charge in [0.2, 0.25) is 5.91 Å². The third kappa shape index (κ3) is 7.44. The van der Waals surface area contributed by atoms with E-state index in [1.54, 1.807) is 13.8 Å². The summed E-state index contributed by atoms with van der Waals surface area (Å²) in [6.07, 6.45) is 1.49. The number of hydrogen-bond donors (Lipinski definition) is 3. The Hall–Kier alpha value is -2.83. The fraction of sp³-hybridized carbons (Fsp3) is 0.353. The number of carboxylic acid groups (broad SMARTS) is 1. The first-order valence-electron chi connectivity index (χ1n) is 7.57. The molecule has 0 aromatic heterocycles. The summed E-state index contributed by atoms with van der Waals surface area (Å²) in [5, 5.41) is 14.5. The van der Waals surface area contributed by atoms with E-state index in [0.29, 0.717) is 5.70 Å². The number of nitrogens with one attached hydrogen (secondary N) is 2. The molecular weight excluding hydrogens is 312 g/mol. The normalized spacial score (nSPS) is 12.2. The number of benzene rings is 1. The van der Waals surface area contributed by atoms with Crippen LogP contribution in [0, 0.1) is 0 Å². The monoisotopic (exact) mass is 334 g/mol. The highest BCUT2D eigenvalue weighted by molar-refractivity contribution is 5.90. The summed E-state index contributed by atoms with van der Waals surface area (Å²) >= 11 is 0. The third-order valence-corrected chi connectivity index (χ3v) is 3.04. The quantitative estimate of drug-likeness (QED) is 0.457. The highest BCUT2D eigenvalue weighted by Crippen LogP contribution is 2.05. The van der Waals surface area contributed by atoms with Crippen molar-refractivity contribution in [2.75, 3.05) is 13.2 Å². The SMILES string of the molecule is CCOC(=O)CNC(=O)/C=C(\C)N[C@@H](Cc1ccccc1)C(=O)O. The molecule has 0 aliphatic rings. The van der Waals surface area contributed by atoms with Crippen molar-refractivity contribution < 1.29 is 24.2 Å². The van der Waals surface area contributed by atoms with E-state index in [1.807, 2.05) is 30.3 Å². The number of aliphatic carboxylic acids is 1. The molecule has 1 aromatic rings. The molecule has 0 aliphatic heterocycles. The molecule has 1 rings (SSSR count). The van der Waals surface area contributed by atoms with Crippen LogP contribution in [0.1, 0.15) is 19.4 Å². The molecule has 1 atom stereocenters. The van der Waals surface area contributed by atoms with Gasteiger partial charge in [0.1, 0.15) is 12.6 Å². The van der Waals surface area contributed by atoms with Gasteiger partial charge in [0, 0.05) is 18.2 Å². The maximum absolute atomic E-state index is 11.7. The molecule has 0 saturated heterocycles. The zero-order valence-electron chi connectivity index (χ0n) is 13.7. The molecule has 24 heavy (non-hydrogen) atoms. The second-order valence-electron chi connectivity index (χ2n) is 5.08. The number of esters is 1. The summed E-state index contributed by atoms with van der Waals surface area (Å²) in [6.45, 7) is 3.27. The molecule has 0 saturated carbocycles. The van der Waals surface area contributed by atoms with Crippen LogP contribution in [-0.2, 0) is 25.5 Å². The van der Waals surface area contributed by atoms with E-state index in [2.05, 4.69) is 10.6 Å². The predicted octanol–water partition coefficient (Wildman–Crippen LogP) is 0.855. The smallest absolute Gasteiger partial charge is 0.326 e. The maximum Gasteiger partial charge on any atom is 0.326 e. The van der Waals surface area contributed by atoms with Crippen molar-refractivity contribution in [3.63, 3.8) is 0 Å². The van der Waals surface area contributed by atoms with Gasteiger partial charge in [-0.15, -0.1) is 0 Å². The minimum absolute atomic E-state index is 0.233. The van der Waals surface area contributed by atoms with Crippen molar-refractivity contribution in [2.24, 2.45) is 0 Å². The first-order chi connectivity index (χ1) is 11.4. The Morgan fingerprint density at radius 2 is 1.92 bits per heavy atom. The molecule has 1 aromatic carbocycles. The van der Waals surface area contributed by atoms with E-state index in [4.69, 9.17) is 4.74 Å². The second kappa shape index (κ2) is 10.0. The molecular formula is C17H22N2O5. The lowest BCUT2D eigenvalue weighted by Gasteiger charge is -2.16. The van der Waals surface area contributed by atoms with Crippen LogP contribution in [0.25, 0.3) is 0 Å². The lowest BCUT2D eigenvalue weighted by Crippen LogP contribution is -2.38. The van der Waals surface area contributed by atoms with E-state index >= 15 is 0 Å². The van der Waals surface area contributed by atoms with Crippen LogP contribution in [0.3, 0.4) is 0 Å². The first kappa shape index (κ1) is 19.2. The van der Waals surface area contributed by atoms with Crippen molar-refractivity contribution in [2.45, 2.75) is 26.3 Å². The number of rotatable bonds is 9. The number of carbonyl (C=O) groups excluding carboxylic acids is 2.